The first-order valence-corrected chi connectivity index (χ1v) is 10.8. The molecular weight excluding hydrogens is 402 g/mol. The number of carbonyl (C=O) groups is 2. The van der Waals surface area contributed by atoms with Crippen LogP contribution in [-0.2, 0) is 14.6 Å². The van der Waals surface area contributed by atoms with E-state index in [1.165, 1.54) is 18.2 Å². The first-order chi connectivity index (χ1) is 13.5. The summed E-state index contributed by atoms with van der Waals surface area (Å²) in [6.07, 6.45) is 1.26. The van der Waals surface area contributed by atoms with E-state index in [1.54, 1.807) is 0 Å². The molecule has 1 aliphatic rings. The molecule has 1 N–H and O–H groups in total. The lowest BCUT2D eigenvalue weighted by atomic mass is 9.97. The van der Waals surface area contributed by atoms with Gasteiger partial charge in [-0.2, -0.15) is 0 Å². The van der Waals surface area contributed by atoms with Gasteiger partial charge in [0.1, 0.15) is 23.2 Å². The van der Waals surface area contributed by atoms with Crippen LogP contribution in [0.5, 0.6) is 0 Å². The minimum Gasteiger partial charge on any atom is -0.322 e. The summed E-state index contributed by atoms with van der Waals surface area (Å²) in [4.78, 5) is 26.9. The fraction of sp³-hybridized carbons (Fsp3) is 0.300. The van der Waals surface area contributed by atoms with E-state index >= 15 is 0 Å². The van der Waals surface area contributed by atoms with Gasteiger partial charge in [-0.15, -0.1) is 0 Å². The lowest BCUT2D eigenvalue weighted by molar-refractivity contribution is -0.117. The van der Waals surface area contributed by atoms with Gasteiger partial charge < -0.3 is 5.32 Å². The second-order valence-electron chi connectivity index (χ2n) is 7.36. The minimum atomic E-state index is -3.56. The summed E-state index contributed by atoms with van der Waals surface area (Å²) >= 11 is 0. The quantitative estimate of drug-likeness (QED) is 0.819. The van der Waals surface area contributed by atoms with Gasteiger partial charge in [0.2, 0.25) is 5.91 Å². The molecule has 2 aromatic carbocycles. The maximum Gasteiger partial charge on any atom is 0.265 e. The minimum absolute atomic E-state index is 0.00311. The van der Waals surface area contributed by atoms with Crippen LogP contribution in [0, 0.1) is 17.6 Å². The first-order valence-electron chi connectivity index (χ1n) is 8.93. The molecule has 2 amide bonds. The fourth-order valence-corrected chi connectivity index (χ4v) is 3.94. The second kappa shape index (κ2) is 7.55. The summed E-state index contributed by atoms with van der Waals surface area (Å²) in [5.41, 5.74) is -0.507. The molecule has 1 aliphatic heterocycles. The number of nitrogens with one attached hydrogen (secondary N) is 1. The fourth-order valence-electron chi connectivity index (χ4n) is 3.29. The Labute approximate surface area is 167 Å². The van der Waals surface area contributed by atoms with E-state index in [1.807, 2.05) is 13.8 Å². The van der Waals surface area contributed by atoms with Crippen LogP contribution in [0.15, 0.2) is 41.3 Å². The van der Waals surface area contributed by atoms with Gasteiger partial charge in [-0.3, -0.25) is 14.5 Å². The Balaban J connectivity index is 2.20. The van der Waals surface area contributed by atoms with Gasteiger partial charge >= 0.3 is 0 Å². The number of hydrogen-bond acceptors (Lipinski definition) is 4. The van der Waals surface area contributed by atoms with Gasteiger partial charge in [-0.25, -0.2) is 17.2 Å². The Hall–Kier alpha value is -2.81. The van der Waals surface area contributed by atoms with E-state index in [4.69, 9.17) is 0 Å². The lowest BCUT2D eigenvalue weighted by Crippen LogP contribution is -2.52. The van der Waals surface area contributed by atoms with Crippen molar-refractivity contribution in [1.82, 2.24) is 0 Å². The summed E-state index contributed by atoms with van der Waals surface area (Å²) in [5.74, 6) is -3.64. The van der Waals surface area contributed by atoms with Crippen molar-refractivity contribution in [2.75, 3.05) is 16.5 Å². The molecule has 0 saturated carbocycles. The molecule has 2 aromatic rings. The number of carbonyl (C=O) groups excluding carboxylic acids is 2. The molecule has 29 heavy (non-hydrogen) atoms. The highest BCUT2D eigenvalue weighted by Crippen LogP contribution is 2.37. The van der Waals surface area contributed by atoms with Crippen molar-refractivity contribution in [2.45, 2.75) is 31.2 Å². The van der Waals surface area contributed by atoms with E-state index in [9.17, 15) is 26.8 Å². The molecule has 1 heterocycles. The van der Waals surface area contributed by atoms with Crippen LogP contribution in [0.4, 0.5) is 20.2 Å². The highest BCUT2D eigenvalue weighted by atomic mass is 32.2. The Bertz CT molecular complexity index is 1080. The Morgan fingerprint density at radius 2 is 1.79 bits per heavy atom. The van der Waals surface area contributed by atoms with E-state index in [-0.39, 0.29) is 28.6 Å². The maximum absolute atomic E-state index is 14.3. The van der Waals surface area contributed by atoms with Gasteiger partial charge in [0.25, 0.3) is 5.91 Å². The third-order valence-corrected chi connectivity index (χ3v) is 5.73. The summed E-state index contributed by atoms with van der Waals surface area (Å²) in [7, 11) is -3.56. The Morgan fingerprint density at radius 1 is 1.17 bits per heavy atom. The van der Waals surface area contributed by atoms with Crippen molar-refractivity contribution in [3.63, 3.8) is 0 Å². The molecule has 1 unspecified atom stereocenters. The number of amides is 2. The molecule has 0 aromatic heterocycles. The highest BCUT2D eigenvalue weighted by Gasteiger charge is 2.39. The molecule has 0 bridgehead atoms. The molecule has 154 valence electrons. The zero-order valence-corrected chi connectivity index (χ0v) is 16.9. The number of rotatable bonds is 4. The van der Waals surface area contributed by atoms with Crippen molar-refractivity contribution in [3.8, 4) is 0 Å². The molecule has 0 aliphatic carbocycles. The van der Waals surface area contributed by atoms with Gasteiger partial charge in [0.05, 0.1) is 16.3 Å². The molecule has 3 rings (SSSR count). The molecule has 6 nitrogen and oxygen atoms in total. The number of halogens is 2. The third kappa shape index (κ3) is 4.00. The maximum atomic E-state index is 14.3. The second-order valence-corrected chi connectivity index (χ2v) is 9.37. The summed E-state index contributed by atoms with van der Waals surface area (Å²) in [6, 6.07) is 5.94. The SMILES string of the molecule is CC(C)CC1C(=O)Nc2cc(S(C)(=O)=O)ccc2N1C(=O)c1c(F)cccc1F. The standard InChI is InChI=1S/C20H20F2N2O4S/c1-11(2)9-17-19(25)23-15-10-12(29(3,27)28)7-8-16(15)24(17)20(26)18-13(21)5-4-6-14(18)22/h4-8,10-11,17H,9H2,1-3H3,(H,23,25). The van der Waals surface area contributed by atoms with Crippen LogP contribution >= 0.6 is 0 Å². The summed E-state index contributed by atoms with van der Waals surface area (Å²) < 4.78 is 52.2. The number of nitrogens with zero attached hydrogens (tertiary/aromatic N) is 1. The van der Waals surface area contributed by atoms with Gasteiger partial charge in [-0.1, -0.05) is 19.9 Å². The summed E-state index contributed by atoms with van der Waals surface area (Å²) in [6.45, 7) is 3.70. The molecule has 0 fully saturated rings. The number of benzene rings is 2. The topological polar surface area (TPSA) is 83.6 Å². The van der Waals surface area contributed by atoms with Gasteiger partial charge in [0, 0.05) is 6.26 Å². The zero-order valence-electron chi connectivity index (χ0n) is 16.1. The van der Waals surface area contributed by atoms with Crippen molar-refractivity contribution in [3.05, 3.63) is 53.6 Å². The average Bonchev–Trinajstić information content (AvgIpc) is 2.60. The van der Waals surface area contributed by atoms with E-state index in [0.717, 1.165) is 29.4 Å². The van der Waals surface area contributed by atoms with Crippen molar-refractivity contribution in [2.24, 2.45) is 5.92 Å². The molecule has 1 atom stereocenters. The lowest BCUT2D eigenvalue weighted by Gasteiger charge is -2.37. The van der Waals surface area contributed by atoms with Crippen molar-refractivity contribution >= 4 is 33.0 Å². The average molecular weight is 422 g/mol. The van der Waals surface area contributed by atoms with Crippen LogP contribution < -0.4 is 10.2 Å². The van der Waals surface area contributed by atoms with E-state index in [0.29, 0.717) is 0 Å². The van der Waals surface area contributed by atoms with Gasteiger partial charge in [0.15, 0.2) is 9.84 Å². The Kier molecular flexibility index (Phi) is 5.44. The zero-order chi connectivity index (χ0) is 21.5. The van der Waals surface area contributed by atoms with Crippen LogP contribution in [0.2, 0.25) is 0 Å². The molecular formula is C20H20F2N2O4S. The number of anilines is 2. The van der Waals surface area contributed by atoms with E-state index in [2.05, 4.69) is 5.32 Å². The van der Waals surface area contributed by atoms with Crippen molar-refractivity contribution in [1.29, 1.82) is 0 Å². The predicted molar refractivity (Wildman–Crippen MR) is 105 cm³/mol. The normalized spacial score (nSPS) is 16.6. The van der Waals surface area contributed by atoms with Crippen LogP contribution in [-0.4, -0.2) is 32.5 Å². The van der Waals surface area contributed by atoms with Crippen LogP contribution in [0.25, 0.3) is 0 Å². The molecule has 0 radical (unpaired) electrons. The van der Waals surface area contributed by atoms with Crippen molar-refractivity contribution < 1.29 is 26.8 Å². The van der Waals surface area contributed by atoms with Crippen LogP contribution in [0.3, 0.4) is 0 Å². The Morgan fingerprint density at radius 3 is 2.34 bits per heavy atom. The largest absolute Gasteiger partial charge is 0.322 e. The molecule has 0 spiro atoms. The summed E-state index contributed by atoms with van der Waals surface area (Å²) in [5, 5.41) is 2.61. The first kappa shape index (κ1) is 20.9. The van der Waals surface area contributed by atoms with Gasteiger partial charge in [-0.05, 0) is 42.7 Å². The van der Waals surface area contributed by atoms with Crippen LogP contribution in [0.1, 0.15) is 30.6 Å². The smallest absolute Gasteiger partial charge is 0.265 e. The monoisotopic (exact) mass is 422 g/mol. The number of sulfone groups is 1. The predicted octanol–water partition coefficient (Wildman–Crippen LogP) is 3.38. The highest BCUT2D eigenvalue weighted by molar-refractivity contribution is 7.90. The third-order valence-electron chi connectivity index (χ3n) is 4.62. The molecule has 0 saturated heterocycles. The molecule has 9 heteroatoms. The number of hydrogen-bond donors (Lipinski definition) is 1. The number of fused-ring (bicyclic) bond motifs is 1. The van der Waals surface area contributed by atoms with E-state index < -0.39 is 44.9 Å².